The lowest BCUT2D eigenvalue weighted by atomic mass is 9.99. The normalized spacial score (nSPS) is 15.1. The number of carboxylic acid groups (broad SMARTS) is 1. The minimum Gasteiger partial charge on any atom is -0.478 e. The standard InChI is InChI=1S/C11H18O3/c1-9(2)5-4-7-11(3,14)8-6-10(12)13/h5-6,8,14H,4,7H2,1-3H3,(H,12,13)/b8-6+. The third kappa shape index (κ3) is 7.55. The second-order valence-corrected chi connectivity index (χ2v) is 3.85. The Labute approximate surface area is 84.8 Å². The zero-order valence-corrected chi connectivity index (χ0v) is 8.95. The van der Waals surface area contributed by atoms with Crippen molar-refractivity contribution in [3.8, 4) is 0 Å². The molecule has 1 atom stereocenters. The van der Waals surface area contributed by atoms with Crippen molar-refractivity contribution in [3.05, 3.63) is 23.8 Å². The first-order valence-corrected chi connectivity index (χ1v) is 4.61. The lowest BCUT2D eigenvalue weighted by Gasteiger charge is -2.17. The Morgan fingerprint density at radius 1 is 1.43 bits per heavy atom. The quantitative estimate of drug-likeness (QED) is 0.525. The second-order valence-electron chi connectivity index (χ2n) is 3.85. The molecule has 0 aliphatic carbocycles. The molecule has 0 bridgehead atoms. The summed E-state index contributed by atoms with van der Waals surface area (Å²) in [7, 11) is 0. The molecular weight excluding hydrogens is 180 g/mol. The van der Waals surface area contributed by atoms with Gasteiger partial charge in [-0.2, -0.15) is 0 Å². The lowest BCUT2D eigenvalue weighted by Crippen LogP contribution is -2.20. The Morgan fingerprint density at radius 2 is 2.00 bits per heavy atom. The van der Waals surface area contributed by atoms with Gasteiger partial charge in [-0.05, 0) is 39.7 Å². The van der Waals surface area contributed by atoms with Crippen LogP contribution in [0.15, 0.2) is 23.8 Å². The summed E-state index contributed by atoms with van der Waals surface area (Å²) in [5.41, 5.74) is 0.160. The highest BCUT2D eigenvalue weighted by molar-refractivity contribution is 5.79. The summed E-state index contributed by atoms with van der Waals surface area (Å²) in [6, 6.07) is 0. The fourth-order valence-electron chi connectivity index (χ4n) is 0.987. The summed E-state index contributed by atoms with van der Waals surface area (Å²) in [5.74, 6) is -1.03. The Morgan fingerprint density at radius 3 is 2.43 bits per heavy atom. The summed E-state index contributed by atoms with van der Waals surface area (Å²) in [6.07, 6.45) is 5.58. The van der Waals surface area contributed by atoms with E-state index < -0.39 is 11.6 Å². The van der Waals surface area contributed by atoms with Gasteiger partial charge in [0.05, 0.1) is 5.60 Å². The molecule has 0 heterocycles. The highest BCUT2D eigenvalue weighted by Gasteiger charge is 2.15. The van der Waals surface area contributed by atoms with Crippen molar-refractivity contribution in [2.24, 2.45) is 0 Å². The number of hydrogen-bond donors (Lipinski definition) is 2. The number of hydrogen-bond acceptors (Lipinski definition) is 2. The summed E-state index contributed by atoms with van der Waals surface area (Å²) in [6.45, 7) is 5.58. The first-order chi connectivity index (χ1) is 6.33. The van der Waals surface area contributed by atoms with Gasteiger partial charge in [0.25, 0.3) is 0 Å². The summed E-state index contributed by atoms with van der Waals surface area (Å²) in [4.78, 5) is 10.2. The van der Waals surface area contributed by atoms with Crippen LogP contribution in [0.3, 0.4) is 0 Å². The number of carboxylic acids is 1. The maximum Gasteiger partial charge on any atom is 0.328 e. The minimum atomic E-state index is -1.04. The zero-order chi connectivity index (χ0) is 11.2. The van der Waals surface area contributed by atoms with Crippen molar-refractivity contribution >= 4 is 5.97 Å². The van der Waals surface area contributed by atoms with Crippen LogP contribution in [0.4, 0.5) is 0 Å². The predicted molar refractivity (Wildman–Crippen MR) is 56.1 cm³/mol. The van der Waals surface area contributed by atoms with Gasteiger partial charge in [-0.25, -0.2) is 4.79 Å². The van der Waals surface area contributed by atoms with Crippen LogP contribution in [0.25, 0.3) is 0 Å². The smallest absolute Gasteiger partial charge is 0.328 e. The molecule has 2 N–H and O–H groups in total. The molecule has 0 saturated carbocycles. The molecule has 3 nitrogen and oxygen atoms in total. The lowest BCUT2D eigenvalue weighted by molar-refractivity contribution is -0.131. The molecule has 0 spiro atoms. The van der Waals surface area contributed by atoms with Crippen LogP contribution < -0.4 is 0 Å². The van der Waals surface area contributed by atoms with Crippen LogP contribution in [-0.2, 0) is 4.79 Å². The second kappa shape index (κ2) is 5.60. The van der Waals surface area contributed by atoms with Crippen molar-refractivity contribution in [2.75, 3.05) is 0 Å². The molecule has 0 rings (SSSR count). The molecule has 0 aliphatic heterocycles. The van der Waals surface area contributed by atoms with Crippen LogP contribution in [0.1, 0.15) is 33.6 Å². The third-order valence-electron chi connectivity index (χ3n) is 1.79. The van der Waals surface area contributed by atoms with E-state index in [0.717, 1.165) is 12.5 Å². The Kier molecular flexibility index (Phi) is 5.16. The van der Waals surface area contributed by atoms with Crippen molar-refractivity contribution < 1.29 is 15.0 Å². The van der Waals surface area contributed by atoms with E-state index in [9.17, 15) is 9.90 Å². The number of aliphatic carboxylic acids is 1. The first-order valence-electron chi connectivity index (χ1n) is 4.61. The molecule has 0 aliphatic rings. The van der Waals surface area contributed by atoms with Crippen LogP contribution in [0, 0.1) is 0 Å². The molecule has 0 amide bonds. The molecular formula is C11H18O3. The molecule has 0 fully saturated rings. The Hall–Kier alpha value is -1.09. The number of rotatable bonds is 5. The van der Waals surface area contributed by atoms with Gasteiger partial charge in [-0.1, -0.05) is 11.6 Å². The summed E-state index contributed by atoms with van der Waals surface area (Å²) < 4.78 is 0. The van der Waals surface area contributed by atoms with E-state index >= 15 is 0 Å². The predicted octanol–water partition coefficient (Wildman–Crippen LogP) is 2.12. The van der Waals surface area contributed by atoms with Gasteiger partial charge in [-0.3, -0.25) is 0 Å². The average Bonchev–Trinajstić information content (AvgIpc) is 2.00. The molecule has 0 aromatic heterocycles. The minimum absolute atomic E-state index is 0.530. The molecule has 0 radical (unpaired) electrons. The molecule has 0 saturated heterocycles. The van der Waals surface area contributed by atoms with E-state index in [0.29, 0.717) is 6.42 Å². The molecule has 1 unspecified atom stereocenters. The van der Waals surface area contributed by atoms with Gasteiger partial charge in [0.1, 0.15) is 0 Å². The largest absolute Gasteiger partial charge is 0.478 e. The maximum absolute atomic E-state index is 10.2. The van der Waals surface area contributed by atoms with E-state index in [1.807, 2.05) is 19.9 Å². The van der Waals surface area contributed by atoms with E-state index in [2.05, 4.69) is 0 Å². The van der Waals surface area contributed by atoms with E-state index in [4.69, 9.17) is 5.11 Å². The van der Waals surface area contributed by atoms with Crippen molar-refractivity contribution in [1.29, 1.82) is 0 Å². The monoisotopic (exact) mass is 198 g/mol. The molecule has 3 heteroatoms. The van der Waals surface area contributed by atoms with Gasteiger partial charge < -0.3 is 10.2 Å². The molecule has 0 aromatic carbocycles. The van der Waals surface area contributed by atoms with Gasteiger partial charge in [0, 0.05) is 6.08 Å². The maximum atomic E-state index is 10.2. The van der Waals surface area contributed by atoms with Crippen molar-refractivity contribution in [1.82, 2.24) is 0 Å². The number of aliphatic hydroxyl groups is 1. The number of allylic oxidation sites excluding steroid dienone is 2. The zero-order valence-electron chi connectivity index (χ0n) is 8.95. The van der Waals surface area contributed by atoms with Crippen LogP contribution in [-0.4, -0.2) is 21.8 Å². The van der Waals surface area contributed by atoms with Gasteiger partial charge >= 0.3 is 5.97 Å². The van der Waals surface area contributed by atoms with Crippen LogP contribution in [0.5, 0.6) is 0 Å². The summed E-state index contributed by atoms with van der Waals surface area (Å²) in [5, 5.41) is 18.1. The SMILES string of the molecule is CC(C)=CCCC(C)(O)/C=C/C(=O)O. The van der Waals surface area contributed by atoms with Crippen molar-refractivity contribution in [3.63, 3.8) is 0 Å². The number of carbonyl (C=O) groups is 1. The highest BCUT2D eigenvalue weighted by atomic mass is 16.4. The average molecular weight is 198 g/mol. The Balaban J connectivity index is 4.07. The fourth-order valence-corrected chi connectivity index (χ4v) is 0.987. The molecule has 0 aromatic rings. The fraction of sp³-hybridized carbons (Fsp3) is 0.545. The highest BCUT2D eigenvalue weighted by Crippen LogP contribution is 2.14. The summed E-state index contributed by atoms with van der Waals surface area (Å²) >= 11 is 0. The van der Waals surface area contributed by atoms with E-state index in [1.54, 1.807) is 6.92 Å². The molecule has 14 heavy (non-hydrogen) atoms. The van der Waals surface area contributed by atoms with Gasteiger partial charge in [0.2, 0.25) is 0 Å². The topological polar surface area (TPSA) is 57.5 Å². The van der Waals surface area contributed by atoms with E-state index in [1.165, 1.54) is 11.6 Å². The van der Waals surface area contributed by atoms with Gasteiger partial charge in [0.15, 0.2) is 0 Å². The van der Waals surface area contributed by atoms with Gasteiger partial charge in [-0.15, -0.1) is 0 Å². The van der Waals surface area contributed by atoms with Crippen LogP contribution >= 0.6 is 0 Å². The van der Waals surface area contributed by atoms with Crippen molar-refractivity contribution in [2.45, 2.75) is 39.2 Å². The van der Waals surface area contributed by atoms with E-state index in [-0.39, 0.29) is 0 Å². The Bertz CT molecular complexity index is 245. The van der Waals surface area contributed by atoms with Crippen LogP contribution in [0.2, 0.25) is 0 Å². The first kappa shape index (κ1) is 12.9. The molecule has 80 valence electrons. The third-order valence-corrected chi connectivity index (χ3v) is 1.79.